The lowest BCUT2D eigenvalue weighted by atomic mass is 9.86. The molecule has 0 aliphatic heterocycles. The van der Waals surface area contributed by atoms with Crippen LogP contribution in [0, 0.1) is 11.7 Å². The standard InChI is InChI=1S/C18H24FNO/c19-16-9-7-15(8-10-16)18(12-13-18)20-17(21)11-6-14-4-2-1-3-5-14/h7-10,14H,1-6,11-13H2,(H,20,21). The Morgan fingerprint density at radius 3 is 2.43 bits per heavy atom. The van der Waals surface area contributed by atoms with Crippen molar-refractivity contribution in [2.24, 2.45) is 5.92 Å². The maximum atomic E-state index is 13.0. The van der Waals surface area contributed by atoms with Gasteiger partial charge in [0.05, 0.1) is 5.54 Å². The van der Waals surface area contributed by atoms with Gasteiger partial charge in [-0.3, -0.25) is 4.79 Å². The number of hydrogen-bond donors (Lipinski definition) is 1. The highest BCUT2D eigenvalue weighted by Gasteiger charge is 2.45. The molecule has 1 amide bonds. The predicted octanol–water partition coefficient (Wildman–Crippen LogP) is 4.29. The van der Waals surface area contributed by atoms with Crippen LogP contribution in [0.5, 0.6) is 0 Å². The van der Waals surface area contributed by atoms with E-state index in [1.165, 1.54) is 44.2 Å². The molecule has 0 radical (unpaired) electrons. The molecule has 3 rings (SSSR count). The van der Waals surface area contributed by atoms with E-state index in [2.05, 4.69) is 5.32 Å². The van der Waals surface area contributed by atoms with Crippen LogP contribution >= 0.6 is 0 Å². The van der Waals surface area contributed by atoms with Gasteiger partial charge in [0, 0.05) is 6.42 Å². The lowest BCUT2D eigenvalue weighted by Gasteiger charge is -2.22. The minimum absolute atomic E-state index is 0.155. The third kappa shape index (κ3) is 3.63. The zero-order valence-electron chi connectivity index (χ0n) is 12.5. The summed E-state index contributed by atoms with van der Waals surface area (Å²) in [5.74, 6) is 0.672. The maximum Gasteiger partial charge on any atom is 0.220 e. The summed E-state index contributed by atoms with van der Waals surface area (Å²) in [6.45, 7) is 0. The van der Waals surface area contributed by atoms with Crippen LogP contribution < -0.4 is 5.32 Å². The number of halogens is 1. The first-order chi connectivity index (χ1) is 10.2. The van der Waals surface area contributed by atoms with Gasteiger partial charge in [0.1, 0.15) is 5.82 Å². The van der Waals surface area contributed by atoms with Crippen molar-refractivity contribution in [1.29, 1.82) is 0 Å². The van der Waals surface area contributed by atoms with E-state index < -0.39 is 0 Å². The second-order valence-corrected chi connectivity index (χ2v) is 6.68. The Balaban J connectivity index is 1.51. The van der Waals surface area contributed by atoms with Gasteiger partial charge in [-0.25, -0.2) is 4.39 Å². The number of nitrogens with one attached hydrogen (secondary N) is 1. The summed E-state index contributed by atoms with van der Waals surface area (Å²) in [6, 6.07) is 6.54. The van der Waals surface area contributed by atoms with Crippen LogP contribution in [0.15, 0.2) is 24.3 Å². The van der Waals surface area contributed by atoms with E-state index in [1.54, 1.807) is 12.1 Å². The molecule has 1 aromatic rings. The van der Waals surface area contributed by atoms with Crippen molar-refractivity contribution < 1.29 is 9.18 Å². The topological polar surface area (TPSA) is 29.1 Å². The highest BCUT2D eigenvalue weighted by atomic mass is 19.1. The lowest BCUT2D eigenvalue weighted by molar-refractivity contribution is -0.122. The summed E-state index contributed by atoms with van der Waals surface area (Å²) in [6.07, 6.45) is 10.2. The van der Waals surface area contributed by atoms with E-state index in [-0.39, 0.29) is 17.3 Å². The summed E-state index contributed by atoms with van der Waals surface area (Å²) >= 11 is 0. The molecular weight excluding hydrogens is 265 g/mol. The van der Waals surface area contributed by atoms with Gasteiger partial charge in [-0.05, 0) is 42.9 Å². The minimum Gasteiger partial charge on any atom is -0.347 e. The molecule has 2 nitrogen and oxygen atoms in total. The van der Waals surface area contributed by atoms with Gasteiger partial charge in [0.25, 0.3) is 0 Å². The maximum absolute atomic E-state index is 13.0. The first kappa shape index (κ1) is 14.6. The fourth-order valence-corrected chi connectivity index (χ4v) is 3.52. The van der Waals surface area contributed by atoms with Gasteiger partial charge in [-0.15, -0.1) is 0 Å². The highest BCUT2D eigenvalue weighted by Crippen LogP contribution is 2.45. The third-order valence-electron chi connectivity index (χ3n) is 5.03. The Morgan fingerprint density at radius 2 is 1.81 bits per heavy atom. The summed E-state index contributed by atoms with van der Waals surface area (Å²) in [5, 5.41) is 3.18. The van der Waals surface area contributed by atoms with E-state index in [0.717, 1.165) is 30.7 Å². The summed E-state index contributed by atoms with van der Waals surface area (Å²) in [7, 11) is 0. The Labute approximate surface area is 126 Å². The van der Waals surface area contributed by atoms with Crippen molar-refractivity contribution in [1.82, 2.24) is 5.32 Å². The average Bonchev–Trinajstić information content (AvgIpc) is 3.27. The molecule has 0 bridgehead atoms. The molecule has 2 saturated carbocycles. The number of amides is 1. The van der Waals surface area contributed by atoms with Crippen LogP contribution in [-0.4, -0.2) is 5.91 Å². The quantitative estimate of drug-likeness (QED) is 0.860. The molecular formula is C18H24FNO. The molecule has 1 aromatic carbocycles. The van der Waals surface area contributed by atoms with Gasteiger partial charge < -0.3 is 5.32 Å². The van der Waals surface area contributed by atoms with E-state index in [4.69, 9.17) is 0 Å². The molecule has 0 saturated heterocycles. The Hall–Kier alpha value is -1.38. The zero-order chi connectivity index (χ0) is 14.7. The summed E-state index contributed by atoms with van der Waals surface area (Å²) in [5.41, 5.74) is 0.826. The second kappa shape index (κ2) is 6.17. The summed E-state index contributed by atoms with van der Waals surface area (Å²) in [4.78, 5) is 12.2. The molecule has 21 heavy (non-hydrogen) atoms. The number of carbonyl (C=O) groups excluding carboxylic acids is 1. The molecule has 0 aromatic heterocycles. The van der Waals surface area contributed by atoms with Gasteiger partial charge in [0.2, 0.25) is 5.91 Å². The van der Waals surface area contributed by atoms with Crippen molar-refractivity contribution in [3.05, 3.63) is 35.6 Å². The largest absolute Gasteiger partial charge is 0.347 e. The SMILES string of the molecule is O=C(CCC1CCCCC1)NC1(c2ccc(F)cc2)CC1. The molecule has 2 aliphatic rings. The van der Waals surface area contributed by atoms with E-state index in [9.17, 15) is 9.18 Å². The molecule has 0 heterocycles. The fourth-order valence-electron chi connectivity index (χ4n) is 3.52. The van der Waals surface area contributed by atoms with Crippen LogP contribution in [0.25, 0.3) is 0 Å². The van der Waals surface area contributed by atoms with Gasteiger partial charge >= 0.3 is 0 Å². The predicted molar refractivity (Wildman–Crippen MR) is 81.3 cm³/mol. The van der Waals surface area contributed by atoms with Crippen LogP contribution in [-0.2, 0) is 10.3 Å². The third-order valence-corrected chi connectivity index (χ3v) is 5.03. The Bertz CT molecular complexity index is 486. The summed E-state index contributed by atoms with van der Waals surface area (Å²) < 4.78 is 13.0. The van der Waals surface area contributed by atoms with Gasteiger partial charge in [-0.1, -0.05) is 44.2 Å². The number of benzene rings is 1. The van der Waals surface area contributed by atoms with Crippen molar-refractivity contribution in [3.8, 4) is 0 Å². The van der Waals surface area contributed by atoms with Crippen molar-refractivity contribution in [2.75, 3.05) is 0 Å². The van der Waals surface area contributed by atoms with Crippen LogP contribution in [0.1, 0.15) is 63.4 Å². The smallest absolute Gasteiger partial charge is 0.220 e. The Morgan fingerprint density at radius 1 is 1.14 bits per heavy atom. The molecule has 3 heteroatoms. The van der Waals surface area contributed by atoms with E-state index in [1.807, 2.05) is 0 Å². The van der Waals surface area contributed by atoms with E-state index in [0.29, 0.717) is 6.42 Å². The number of hydrogen-bond acceptors (Lipinski definition) is 1. The van der Waals surface area contributed by atoms with Crippen LogP contribution in [0.4, 0.5) is 4.39 Å². The van der Waals surface area contributed by atoms with Crippen LogP contribution in [0.3, 0.4) is 0 Å². The molecule has 1 N–H and O–H groups in total. The van der Waals surface area contributed by atoms with E-state index >= 15 is 0 Å². The van der Waals surface area contributed by atoms with Crippen molar-refractivity contribution >= 4 is 5.91 Å². The minimum atomic E-state index is -0.224. The van der Waals surface area contributed by atoms with Gasteiger partial charge in [-0.2, -0.15) is 0 Å². The molecule has 0 atom stereocenters. The highest BCUT2D eigenvalue weighted by molar-refractivity contribution is 5.77. The Kier molecular flexibility index (Phi) is 4.27. The molecule has 0 unspecified atom stereocenters. The normalized spacial score (nSPS) is 21.0. The number of rotatable bonds is 5. The second-order valence-electron chi connectivity index (χ2n) is 6.68. The average molecular weight is 289 g/mol. The lowest BCUT2D eigenvalue weighted by Crippen LogP contribution is -2.35. The van der Waals surface area contributed by atoms with Crippen molar-refractivity contribution in [3.63, 3.8) is 0 Å². The first-order valence-corrected chi connectivity index (χ1v) is 8.25. The zero-order valence-corrected chi connectivity index (χ0v) is 12.5. The van der Waals surface area contributed by atoms with Gasteiger partial charge in [0.15, 0.2) is 0 Å². The molecule has 2 aliphatic carbocycles. The molecule has 2 fully saturated rings. The fraction of sp³-hybridized carbons (Fsp3) is 0.611. The number of carbonyl (C=O) groups is 1. The molecule has 0 spiro atoms. The van der Waals surface area contributed by atoms with Crippen LogP contribution in [0.2, 0.25) is 0 Å². The first-order valence-electron chi connectivity index (χ1n) is 8.25. The van der Waals surface area contributed by atoms with Crippen molar-refractivity contribution in [2.45, 2.75) is 63.3 Å². The monoisotopic (exact) mass is 289 g/mol. The molecule has 114 valence electrons.